The number of aromatic amines is 1. The number of H-pyrrole nitrogens is 1. The van der Waals surface area contributed by atoms with Gasteiger partial charge in [-0.2, -0.15) is 5.10 Å². The molecule has 0 aliphatic carbocycles. The molecule has 0 bridgehead atoms. The van der Waals surface area contributed by atoms with Crippen molar-refractivity contribution in [1.29, 1.82) is 0 Å². The van der Waals surface area contributed by atoms with Gasteiger partial charge in [-0.05, 0) is 31.4 Å². The number of aliphatic hydroxyl groups excluding tert-OH is 1. The van der Waals surface area contributed by atoms with Gasteiger partial charge in [0.15, 0.2) is 0 Å². The molecule has 0 spiro atoms. The van der Waals surface area contributed by atoms with Crippen LogP contribution in [0.4, 0.5) is 5.82 Å². The van der Waals surface area contributed by atoms with E-state index >= 15 is 0 Å². The summed E-state index contributed by atoms with van der Waals surface area (Å²) < 4.78 is 0. The Bertz CT molecular complexity index is 1010. The van der Waals surface area contributed by atoms with Crippen LogP contribution in [-0.2, 0) is 6.42 Å². The van der Waals surface area contributed by atoms with Crippen molar-refractivity contribution in [2.45, 2.75) is 32.3 Å². The van der Waals surface area contributed by atoms with E-state index in [1.54, 1.807) is 11.1 Å². The number of benzene rings is 1. The zero-order valence-electron chi connectivity index (χ0n) is 17.2. The minimum absolute atomic E-state index is 0.103. The molecule has 1 amide bonds. The van der Waals surface area contributed by atoms with Crippen LogP contribution in [0, 0.1) is 13.8 Å². The molecule has 1 aliphatic heterocycles. The van der Waals surface area contributed by atoms with E-state index in [0.29, 0.717) is 18.9 Å². The maximum atomic E-state index is 13.1. The molecule has 0 unspecified atom stereocenters. The number of nitrogens with one attached hydrogen (secondary N) is 2. The molecule has 3 heterocycles. The Kier molecular flexibility index (Phi) is 5.76. The Morgan fingerprint density at radius 3 is 2.77 bits per heavy atom. The van der Waals surface area contributed by atoms with Gasteiger partial charge in [0.1, 0.15) is 5.82 Å². The number of aliphatic hydroxyl groups is 1. The fourth-order valence-corrected chi connectivity index (χ4v) is 3.76. The normalized spacial score (nSPS) is 18.6. The molecule has 8 heteroatoms. The van der Waals surface area contributed by atoms with Crippen molar-refractivity contribution in [2.24, 2.45) is 0 Å². The van der Waals surface area contributed by atoms with Gasteiger partial charge in [0.05, 0.1) is 12.3 Å². The van der Waals surface area contributed by atoms with Gasteiger partial charge in [0.25, 0.3) is 5.91 Å². The minimum Gasteiger partial charge on any atom is -0.391 e. The topological polar surface area (TPSA) is 107 Å². The standard InChI is InChI=1S/C22H26N6O2/c1-14-15(2)26-21(27-20(14)23-9-8-16-10-24-25-11-16)22(30)28-12-18(19(29)13-28)17-6-4-3-5-7-17/h3-7,10-11,18-19,29H,8-9,12-13H2,1-2H3,(H,24,25)(H,23,26,27)/t18-,19+/m1/s1. The molecule has 2 atom stereocenters. The van der Waals surface area contributed by atoms with Crippen LogP contribution in [0.25, 0.3) is 0 Å². The maximum Gasteiger partial charge on any atom is 0.291 e. The Morgan fingerprint density at radius 2 is 2.03 bits per heavy atom. The first kappa shape index (κ1) is 20.0. The molecule has 1 aliphatic rings. The fraction of sp³-hybridized carbons (Fsp3) is 0.364. The number of amides is 1. The summed E-state index contributed by atoms with van der Waals surface area (Å²) in [4.78, 5) is 23.7. The highest BCUT2D eigenvalue weighted by Crippen LogP contribution is 2.28. The highest BCUT2D eigenvalue weighted by Gasteiger charge is 2.36. The van der Waals surface area contributed by atoms with Crippen molar-refractivity contribution in [3.05, 3.63) is 70.9 Å². The second-order valence-corrected chi connectivity index (χ2v) is 7.68. The van der Waals surface area contributed by atoms with Crippen LogP contribution in [0.2, 0.25) is 0 Å². The third kappa shape index (κ3) is 4.18. The summed E-state index contributed by atoms with van der Waals surface area (Å²) in [5.74, 6) is 0.459. The van der Waals surface area contributed by atoms with Crippen LogP contribution < -0.4 is 5.32 Å². The van der Waals surface area contributed by atoms with Crippen molar-refractivity contribution in [3.8, 4) is 0 Å². The fourth-order valence-electron chi connectivity index (χ4n) is 3.76. The third-order valence-corrected chi connectivity index (χ3v) is 5.65. The number of rotatable bonds is 6. The molecule has 2 aromatic heterocycles. The number of carbonyl (C=O) groups is 1. The first-order valence-electron chi connectivity index (χ1n) is 10.1. The number of likely N-dealkylation sites (tertiary alicyclic amines) is 1. The molecule has 1 saturated heterocycles. The Labute approximate surface area is 175 Å². The predicted molar refractivity (Wildman–Crippen MR) is 113 cm³/mol. The van der Waals surface area contributed by atoms with Crippen molar-refractivity contribution in [2.75, 3.05) is 25.0 Å². The van der Waals surface area contributed by atoms with Crippen molar-refractivity contribution < 1.29 is 9.90 Å². The molecule has 3 aromatic rings. The summed E-state index contributed by atoms with van der Waals surface area (Å²) in [6, 6.07) is 9.80. The van der Waals surface area contributed by atoms with Gasteiger partial charge in [-0.15, -0.1) is 0 Å². The highest BCUT2D eigenvalue weighted by atomic mass is 16.3. The first-order chi connectivity index (χ1) is 14.5. The van der Waals surface area contributed by atoms with E-state index in [0.717, 1.165) is 28.8 Å². The van der Waals surface area contributed by atoms with E-state index in [1.807, 2.05) is 50.4 Å². The second kappa shape index (κ2) is 8.62. The number of aromatic nitrogens is 4. The van der Waals surface area contributed by atoms with Crippen LogP contribution in [0.3, 0.4) is 0 Å². The molecular weight excluding hydrogens is 380 g/mol. The summed E-state index contributed by atoms with van der Waals surface area (Å²) >= 11 is 0. The Morgan fingerprint density at radius 1 is 1.23 bits per heavy atom. The monoisotopic (exact) mass is 406 g/mol. The van der Waals surface area contributed by atoms with Gasteiger partial charge in [-0.3, -0.25) is 9.89 Å². The molecule has 4 rings (SSSR count). The van der Waals surface area contributed by atoms with E-state index in [1.165, 1.54) is 0 Å². The molecular formula is C22H26N6O2. The molecule has 1 fully saturated rings. The lowest BCUT2D eigenvalue weighted by Gasteiger charge is -2.17. The van der Waals surface area contributed by atoms with Gasteiger partial charge in [-0.1, -0.05) is 30.3 Å². The summed E-state index contributed by atoms with van der Waals surface area (Å²) in [5, 5.41) is 20.6. The average Bonchev–Trinajstić information content (AvgIpc) is 3.41. The van der Waals surface area contributed by atoms with E-state index in [4.69, 9.17) is 0 Å². The third-order valence-electron chi connectivity index (χ3n) is 5.65. The van der Waals surface area contributed by atoms with Crippen LogP contribution in [0.5, 0.6) is 0 Å². The van der Waals surface area contributed by atoms with Crippen LogP contribution in [0.1, 0.15) is 38.9 Å². The number of anilines is 1. The maximum absolute atomic E-state index is 13.1. The van der Waals surface area contributed by atoms with Gasteiger partial charge in [0.2, 0.25) is 5.82 Å². The SMILES string of the molecule is Cc1nc(C(=O)N2C[C@H](c3ccccc3)[C@@H](O)C2)nc(NCCc2cn[nH]c2)c1C. The summed E-state index contributed by atoms with van der Waals surface area (Å²) in [6.45, 7) is 5.21. The van der Waals surface area contributed by atoms with Crippen molar-refractivity contribution in [1.82, 2.24) is 25.1 Å². The summed E-state index contributed by atoms with van der Waals surface area (Å²) in [7, 11) is 0. The molecule has 8 nitrogen and oxygen atoms in total. The summed E-state index contributed by atoms with van der Waals surface area (Å²) in [6.07, 6.45) is 3.84. The largest absolute Gasteiger partial charge is 0.391 e. The van der Waals surface area contributed by atoms with Gasteiger partial charge in [0, 0.05) is 43.0 Å². The number of hydrogen-bond donors (Lipinski definition) is 3. The van der Waals surface area contributed by atoms with Crippen LogP contribution in [0.15, 0.2) is 42.7 Å². The number of aryl methyl sites for hydroxylation is 1. The molecule has 30 heavy (non-hydrogen) atoms. The predicted octanol–water partition coefficient (Wildman–Crippen LogP) is 2.07. The quantitative estimate of drug-likeness (QED) is 0.579. The number of carbonyl (C=O) groups excluding carboxylic acids is 1. The smallest absolute Gasteiger partial charge is 0.291 e. The number of nitrogens with zero attached hydrogens (tertiary/aromatic N) is 4. The van der Waals surface area contributed by atoms with Crippen LogP contribution >= 0.6 is 0 Å². The molecule has 156 valence electrons. The first-order valence-corrected chi connectivity index (χ1v) is 10.1. The lowest BCUT2D eigenvalue weighted by Crippen LogP contribution is -2.31. The number of β-amino-alcohol motifs (C(OH)–C–C–N with tert-alkyl or cyclic N) is 1. The Balaban J connectivity index is 1.47. The lowest BCUT2D eigenvalue weighted by molar-refractivity contribution is 0.0752. The van der Waals surface area contributed by atoms with E-state index < -0.39 is 6.10 Å². The van der Waals surface area contributed by atoms with Crippen LogP contribution in [-0.4, -0.2) is 61.8 Å². The molecule has 0 saturated carbocycles. The highest BCUT2D eigenvalue weighted by molar-refractivity contribution is 5.91. The van der Waals surface area contributed by atoms with Gasteiger partial charge in [-0.25, -0.2) is 9.97 Å². The van der Waals surface area contributed by atoms with Crippen molar-refractivity contribution >= 4 is 11.7 Å². The minimum atomic E-state index is -0.601. The number of hydrogen-bond acceptors (Lipinski definition) is 6. The Hall–Kier alpha value is -3.26. The molecule has 1 aromatic carbocycles. The zero-order valence-corrected chi connectivity index (χ0v) is 17.2. The van der Waals surface area contributed by atoms with Gasteiger partial charge >= 0.3 is 0 Å². The molecule has 0 radical (unpaired) electrons. The second-order valence-electron chi connectivity index (χ2n) is 7.68. The van der Waals surface area contributed by atoms with E-state index in [-0.39, 0.29) is 24.2 Å². The van der Waals surface area contributed by atoms with Crippen molar-refractivity contribution in [3.63, 3.8) is 0 Å². The van der Waals surface area contributed by atoms with E-state index in [9.17, 15) is 9.90 Å². The summed E-state index contributed by atoms with van der Waals surface area (Å²) in [5.41, 5.74) is 3.81. The lowest BCUT2D eigenvalue weighted by atomic mass is 9.96. The van der Waals surface area contributed by atoms with Gasteiger partial charge < -0.3 is 15.3 Å². The average molecular weight is 406 g/mol. The van der Waals surface area contributed by atoms with E-state index in [2.05, 4.69) is 25.5 Å². The molecule has 3 N–H and O–H groups in total. The zero-order chi connectivity index (χ0) is 21.1.